The Morgan fingerprint density at radius 3 is 1.45 bits per heavy atom. The number of hydrogen-bond donors (Lipinski definition) is 0. The molecule has 0 amide bonds. The zero-order chi connectivity index (χ0) is 83.7. The molecule has 7 heterocycles. The Labute approximate surface area is 748 Å². The van der Waals surface area contributed by atoms with Gasteiger partial charge in [0.1, 0.15) is 33.5 Å². The second-order valence-electron chi connectivity index (χ2n) is 36.5. The van der Waals surface area contributed by atoms with Crippen molar-refractivity contribution in [2.75, 3.05) is 4.90 Å². The predicted octanol–water partition coefficient (Wildman–Crippen LogP) is 36.7. The summed E-state index contributed by atoms with van der Waals surface area (Å²) < 4.78 is 30.2. The van der Waals surface area contributed by atoms with Crippen LogP contribution in [0.15, 0.2) is 359 Å². The van der Waals surface area contributed by atoms with Crippen molar-refractivity contribution in [1.29, 1.82) is 0 Å². The minimum atomic E-state index is -0.0631. The van der Waals surface area contributed by atoms with Crippen LogP contribution in [0, 0.1) is 0 Å². The first-order chi connectivity index (χ1) is 63.0. The monoisotopic (exact) mass is 1700 g/mol. The van der Waals surface area contributed by atoms with Crippen LogP contribution >= 0.6 is 45.3 Å². The van der Waals surface area contributed by atoms with E-state index in [-0.39, 0.29) is 10.8 Å². The normalized spacial score (nSPS) is 13.8. The van der Waals surface area contributed by atoms with E-state index in [0.717, 1.165) is 77.7 Å². The van der Waals surface area contributed by atoms with Gasteiger partial charge < -0.3 is 18.2 Å². The summed E-state index contributed by atoms with van der Waals surface area (Å²) in [4.78, 5) is 2.34. The van der Waals surface area contributed by atoms with Crippen LogP contribution in [0.5, 0.6) is 0 Å². The van der Waals surface area contributed by atoms with Crippen molar-refractivity contribution in [2.24, 2.45) is 0 Å². The molecule has 5 aliphatic carbocycles. The summed E-state index contributed by atoms with van der Waals surface area (Å²) in [6, 6.07) is 128. The molecular formula is C120H69NO3S4. The number of para-hydroxylation sites is 2. The van der Waals surface area contributed by atoms with Gasteiger partial charge in [0, 0.05) is 152 Å². The second-order valence-corrected chi connectivity index (χ2v) is 40.9. The lowest BCUT2D eigenvalue weighted by Gasteiger charge is -2.26. The molecule has 8 heteroatoms. The Morgan fingerprint density at radius 2 is 0.664 bits per heavy atom. The van der Waals surface area contributed by atoms with Gasteiger partial charge in [-0.1, -0.05) is 240 Å². The first-order valence-electron chi connectivity index (χ1n) is 44.1. The molecular weight excluding hydrogens is 1630 g/mol. The molecule has 0 radical (unpaired) electrons. The molecule has 0 N–H and O–H groups in total. The van der Waals surface area contributed by atoms with Gasteiger partial charge in [-0.3, -0.25) is 0 Å². The third-order valence-corrected chi connectivity index (χ3v) is 33.9. The van der Waals surface area contributed by atoms with Crippen molar-refractivity contribution in [3.63, 3.8) is 0 Å². The number of anilines is 3. The van der Waals surface area contributed by atoms with Crippen molar-refractivity contribution in [1.82, 2.24) is 0 Å². The molecule has 0 bridgehead atoms. The van der Waals surface area contributed by atoms with E-state index in [0.29, 0.717) is 0 Å². The summed E-state index contributed by atoms with van der Waals surface area (Å²) >= 11 is 7.65. The summed E-state index contributed by atoms with van der Waals surface area (Å²) in [6.45, 7) is 9.62. The molecule has 0 unspecified atom stereocenters. The van der Waals surface area contributed by atoms with Crippen molar-refractivity contribution in [3.8, 4) is 89.0 Å². The van der Waals surface area contributed by atoms with Gasteiger partial charge in [-0.05, 0) is 266 Å². The molecule has 32 rings (SSSR count). The summed E-state index contributed by atoms with van der Waals surface area (Å²) in [5.74, 6) is 0. The number of benzene rings is 20. The molecule has 0 atom stereocenters. The highest BCUT2D eigenvalue weighted by Crippen LogP contribution is 2.64. The molecule has 0 aliphatic heterocycles. The molecule has 4 nitrogen and oxygen atoms in total. The molecule has 0 fully saturated rings. The van der Waals surface area contributed by atoms with Crippen LogP contribution in [-0.4, -0.2) is 0 Å². The zero-order valence-corrected chi connectivity index (χ0v) is 73.0. The van der Waals surface area contributed by atoms with Crippen molar-refractivity contribution < 1.29 is 13.3 Å². The van der Waals surface area contributed by atoms with Gasteiger partial charge in [-0.25, -0.2) is 0 Å². The van der Waals surface area contributed by atoms with Crippen LogP contribution in [0.25, 0.3) is 268 Å². The van der Waals surface area contributed by atoms with Gasteiger partial charge in [0.25, 0.3) is 0 Å². The molecule has 27 aromatic rings. The number of rotatable bonds is 6. The van der Waals surface area contributed by atoms with Crippen LogP contribution in [0.1, 0.15) is 49.9 Å². The van der Waals surface area contributed by atoms with Crippen LogP contribution in [0.3, 0.4) is 0 Å². The quantitative estimate of drug-likeness (QED) is 0.166. The summed E-state index contributed by atoms with van der Waals surface area (Å²) in [5.41, 5.74) is 35.7. The molecule has 20 aromatic carbocycles. The van der Waals surface area contributed by atoms with E-state index >= 15 is 0 Å². The predicted molar refractivity (Wildman–Crippen MR) is 548 cm³/mol. The van der Waals surface area contributed by atoms with E-state index < -0.39 is 0 Å². The maximum absolute atomic E-state index is 6.57. The first kappa shape index (κ1) is 70.5. The Bertz CT molecular complexity index is 9810. The SMILES string of the molecule is CC1(C)c2cccc3c2-c2c1cc(-c1ccc4sc5ccccc5c4c1)c1ccc4sc5cccc-3c5c4c21.CC1(C)c2cccc3c2-c2c1ccc1c(-c4ccccc4)cc4sc5cccc-3c5c4c21.c1cc(-c2ccc3sc4ccc5ccc6oc7cccc8c7c6c5c4c3c2-8)cc(N(c2ccc3c(c2)oc2ccccc23)c2ccc3oc4ccccc4c3c2)c1. The molecule has 128 heavy (non-hydrogen) atoms. The van der Waals surface area contributed by atoms with Crippen molar-refractivity contribution in [2.45, 2.75) is 38.5 Å². The summed E-state index contributed by atoms with van der Waals surface area (Å²) in [7, 11) is 0. The van der Waals surface area contributed by atoms with Gasteiger partial charge in [-0.15, -0.1) is 45.3 Å². The highest BCUT2D eigenvalue weighted by molar-refractivity contribution is 7.27. The maximum atomic E-state index is 6.57. The number of fused-ring (bicyclic) bond motifs is 12. The van der Waals surface area contributed by atoms with Crippen molar-refractivity contribution in [3.05, 3.63) is 368 Å². The Hall–Kier alpha value is -14.7. The first-order valence-corrected chi connectivity index (χ1v) is 47.4. The fourth-order valence-corrected chi connectivity index (χ4v) is 28.3. The lowest BCUT2D eigenvalue weighted by Crippen LogP contribution is -2.15. The van der Waals surface area contributed by atoms with Crippen LogP contribution in [0.2, 0.25) is 0 Å². The molecule has 7 aromatic heterocycles. The number of thiophene rings is 4. The Balaban J connectivity index is 0.0000000978. The number of nitrogens with zero attached hydrogens (tertiary/aromatic N) is 1. The largest absolute Gasteiger partial charge is 0.456 e. The van der Waals surface area contributed by atoms with Crippen LogP contribution < -0.4 is 4.90 Å². The summed E-state index contributed by atoms with van der Waals surface area (Å²) in [5, 5.41) is 26.1. The third kappa shape index (κ3) is 9.26. The highest BCUT2D eigenvalue weighted by atomic mass is 32.1. The van der Waals surface area contributed by atoms with E-state index in [1.54, 1.807) is 0 Å². The van der Waals surface area contributed by atoms with E-state index in [1.165, 1.54) is 229 Å². The highest BCUT2D eigenvalue weighted by Gasteiger charge is 2.43. The Kier molecular flexibility index (Phi) is 13.8. The number of hydrogen-bond acceptors (Lipinski definition) is 8. The molecule has 0 saturated heterocycles. The van der Waals surface area contributed by atoms with Crippen LogP contribution in [-0.2, 0) is 10.8 Å². The fourth-order valence-electron chi connectivity index (χ4n) is 23.8. The van der Waals surface area contributed by atoms with E-state index in [1.807, 2.05) is 69.6 Å². The van der Waals surface area contributed by atoms with Gasteiger partial charge >= 0.3 is 0 Å². The third-order valence-electron chi connectivity index (χ3n) is 29.4. The topological polar surface area (TPSA) is 42.7 Å². The standard InChI is InChI=1S/C52H27NO3S.C37H22S2.C31H20S/c1-3-12-39-34(9-1)36-19-17-32(27-44(36)55-39)53(31-18-22-41-38(26-31)35-10-2-4-13-40(35)54-41)30-8-5-7-29(25-30)33-20-24-46-52-48(33)37-11-6-14-42-49(37)50-43(56-42)21-15-28-16-23-45(57-46)51(52)47(28)50;1-37(2)26-10-5-8-21-22-9-6-12-30-33(22)36-31(39-30)16-14-23-24(18-27(37)35(32(21)26)34(23)36)19-13-15-29-25(17-19)20-7-3-4-11-28(20)38-29;1-31(2)22-12-6-10-18-19-11-7-13-24-27(19)30-25(32-24)16-21(17-8-4-3-5-9-17)20-14-15-23(31)29(26(18)22)28(20)30/h1-27H;3-18H,1-2H3;3-16H,1-2H3. The number of furan rings is 3. The molecule has 0 saturated carbocycles. The van der Waals surface area contributed by atoms with Gasteiger partial charge in [0.05, 0.1) is 0 Å². The second kappa shape index (κ2) is 25.1. The van der Waals surface area contributed by atoms with E-state index in [9.17, 15) is 0 Å². The molecule has 596 valence electrons. The lowest BCUT2D eigenvalue weighted by atomic mass is 9.79. The Morgan fingerprint density at radius 1 is 0.195 bits per heavy atom. The lowest BCUT2D eigenvalue weighted by molar-refractivity contribution is 0.661. The molecule has 0 spiro atoms. The minimum absolute atomic E-state index is 0.00532. The smallest absolute Gasteiger partial charge is 0.137 e. The van der Waals surface area contributed by atoms with Gasteiger partial charge in [-0.2, -0.15) is 0 Å². The zero-order valence-electron chi connectivity index (χ0n) is 69.7. The van der Waals surface area contributed by atoms with Crippen LogP contribution in [0.4, 0.5) is 17.1 Å². The minimum Gasteiger partial charge on any atom is -0.456 e. The van der Waals surface area contributed by atoms with Gasteiger partial charge in [0.2, 0.25) is 0 Å². The van der Waals surface area contributed by atoms with Crippen molar-refractivity contribution >= 4 is 241 Å². The average Bonchev–Trinajstić information content (AvgIpc) is 1.54. The average molecular weight is 1700 g/mol. The van der Waals surface area contributed by atoms with E-state index in [4.69, 9.17) is 13.3 Å². The van der Waals surface area contributed by atoms with Gasteiger partial charge in [0.15, 0.2) is 0 Å². The molecule has 5 aliphatic rings. The fraction of sp³-hybridized carbons (Fsp3) is 0.0500. The maximum Gasteiger partial charge on any atom is 0.137 e. The van der Waals surface area contributed by atoms with E-state index in [2.05, 4.69) is 354 Å². The summed E-state index contributed by atoms with van der Waals surface area (Å²) in [6.07, 6.45) is 0.